The number of anilines is 1. The van der Waals surface area contributed by atoms with E-state index in [1.807, 2.05) is 17.1 Å². The first kappa shape index (κ1) is 17.6. The molecule has 0 aromatic heterocycles. The van der Waals surface area contributed by atoms with E-state index in [1.165, 1.54) is 64.2 Å². The molecule has 0 atom stereocenters. The second-order valence-electron chi connectivity index (χ2n) is 8.14. The Bertz CT molecular complexity index is 655. The highest BCUT2D eigenvalue weighted by Gasteiger charge is 2.31. The number of nitrogens with zero attached hydrogens (tertiary/aromatic N) is 2. The van der Waals surface area contributed by atoms with Gasteiger partial charge in [-0.2, -0.15) is 5.10 Å². The molecule has 140 valence electrons. The fourth-order valence-corrected chi connectivity index (χ4v) is 4.81. The Morgan fingerprint density at radius 2 is 1.46 bits per heavy atom. The van der Waals surface area contributed by atoms with Crippen LogP contribution in [0, 0.1) is 5.92 Å². The Morgan fingerprint density at radius 1 is 0.846 bits per heavy atom. The van der Waals surface area contributed by atoms with Gasteiger partial charge in [0, 0.05) is 11.5 Å². The van der Waals surface area contributed by atoms with Crippen LogP contribution in [0.4, 0.5) is 10.5 Å². The summed E-state index contributed by atoms with van der Waals surface area (Å²) >= 11 is 0. The minimum atomic E-state index is -0.0474. The monoisotopic (exact) mass is 353 g/mol. The molecule has 0 unspecified atom stereocenters. The van der Waals surface area contributed by atoms with Crippen molar-refractivity contribution in [3.63, 3.8) is 0 Å². The first-order chi connectivity index (χ1) is 12.8. The van der Waals surface area contributed by atoms with Crippen molar-refractivity contribution in [3.05, 3.63) is 29.8 Å². The number of carbonyl (C=O) groups excluding carboxylic acids is 1. The smallest absolute Gasteiger partial charge is 0.306 e. The lowest BCUT2D eigenvalue weighted by molar-refractivity contribution is 0.176. The molecule has 0 saturated heterocycles. The average molecular weight is 354 g/mol. The molecule has 2 amide bonds. The molecule has 2 saturated carbocycles. The number of hydrogen-bond acceptors (Lipinski definition) is 2. The summed E-state index contributed by atoms with van der Waals surface area (Å²) in [7, 11) is 0. The van der Waals surface area contributed by atoms with E-state index in [0.29, 0.717) is 5.92 Å². The van der Waals surface area contributed by atoms with Crippen molar-refractivity contribution in [1.82, 2.24) is 5.01 Å². The van der Waals surface area contributed by atoms with E-state index in [4.69, 9.17) is 5.10 Å². The molecule has 2 aliphatic carbocycles. The molecule has 3 aliphatic rings. The van der Waals surface area contributed by atoms with Crippen LogP contribution >= 0.6 is 0 Å². The first-order valence-electron chi connectivity index (χ1n) is 10.6. The molecule has 1 aromatic rings. The first-order valence-corrected chi connectivity index (χ1v) is 10.6. The fraction of sp³-hybridized carbons (Fsp3) is 0.636. The number of urea groups is 1. The predicted molar refractivity (Wildman–Crippen MR) is 107 cm³/mol. The van der Waals surface area contributed by atoms with Crippen molar-refractivity contribution in [3.8, 4) is 0 Å². The Hall–Kier alpha value is -1.84. The fourth-order valence-electron chi connectivity index (χ4n) is 4.81. The van der Waals surface area contributed by atoms with Crippen molar-refractivity contribution in [2.45, 2.75) is 83.1 Å². The van der Waals surface area contributed by atoms with E-state index in [9.17, 15) is 4.79 Å². The Morgan fingerprint density at radius 3 is 2.23 bits per heavy atom. The van der Waals surface area contributed by atoms with Crippen molar-refractivity contribution in [1.29, 1.82) is 0 Å². The Labute approximate surface area is 157 Å². The number of fused-ring (bicyclic) bond motifs is 1. The molecule has 0 radical (unpaired) electrons. The molecule has 2 fully saturated rings. The van der Waals surface area contributed by atoms with Crippen molar-refractivity contribution < 1.29 is 4.79 Å². The van der Waals surface area contributed by atoms with Crippen LogP contribution in [0.2, 0.25) is 0 Å². The van der Waals surface area contributed by atoms with Gasteiger partial charge >= 0.3 is 6.03 Å². The van der Waals surface area contributed by atoms with E-state index in [2.05, 4.69) is 17.4 Å². The van der Waals surface area contributed by atoms with Crippen LogP contribution in [0.15, 0.2) is 29.4 Å². The third-order valence-electron chi connectivity index (χ3n) is 6.28. The number of amides is 2. The van der Waals surface area contributed by atoms with Gasteiger partial charge in [0.25, 0.3) is 0 Å². The van der Waals surface area contributed by atoms with Crippen molar-refractivity contribution in [2.24, 2.45) is 11.0 Å². The maximum Gasteiger partial charge on any atom is 0.342 e. The highest BCUT2D eigenvalue weighted by atomic mass is 16.2. The quantitative estimate of drug-likeness (QED) is 0.703. The summed E-state index contributed by atoms with van der Waals surface area (Å²) in [6.07, 6.45) is 14.7. The van der Waals surface area contributed by atoms with E-state index >= 15 is 0 Å². The van der Waals surface area contributed by atoms with Crippen molar-refractivity contribution >= 4 is 17.4 Å². The lowest BCUT2D eigenvalue weighted by Crippen LogP contribution is -2.39. The van der Waals surface area contributed by atoms with Crippen LogP contribution in [0.3, 0.4) is 0 Å². The predicted octanol–water partition coefficient (Wildman–Crippen LogP) is 5.93. The molecule has 1 aliphatic heterocycles. The van der Waals surface area contributed by atoms with Gasteiger partial charge < -0.3 is 5.32 Å². The summed E-state index contributed by atoms with van der Waals surface area (Å²) in [6, 6.07) is 8.41. The van der Waals surface area contributed by atoms with E-state index in [1.54, 1.807) is 0 Å². The summed E-state index contributed by atoms with van der Waals surface area (Å²) in [5.41, 5.74) is 3.19. The minimum Gasteiger partial charge on any atom is -0.306 e. The largest absolute Gasteiger partial charge is 0.342 e. The molecule has 0 spiro atoms. The van der Waals surface area contributed by atoms with Crippen LogP contribution in [0.5, 0.6) is 0 Å². The number of benzene rings is 1. The van der Waals surface area contributed by atoms with Crippen LogP contribution in [0.1, 0.15) is 82.6 Å². The summed E-state index contributed by atoms with van der Waals surface area (Å²) < 4.78 is 0. The molecule has 0 bridgehead atoms. The standard InChI is InChI=1S/C22H31N3O/c26-22-23-20-16-10-9-15-19(20)21(17-11-5-4-6-12-17)24-25(22)18-13-7-2-1-3-8-14-18/h9-10,15-18H,1-8,11-14H2,(H,23,26). The summed E-state index contributed by atoms with van der Waals surface area (Å²) in [5.74, 6) is 0.480. The number of carbonyl (C=O) groups is 1. The van der Waals surface area contributed by atoms with Gasteiger partial charge in [-0.25, -0.2) is 9.80 Å². The Balaban J connectivity index is 1.68. The van der Waals surface area contributed by atoms with E-state index in [0.717, 1.165) is 29.8 Å². The molecule has 4 nitrogen and oxygen atoms in total. The normalized spacial score (nSPS) is 23.3. The Kier molecular flexibility index (Phi) is 5.57. The lowest BCUT2D eigenvalue weighted by Gasteiger charge is -2.30. The molecular weight excluding hydrogens is 322 g/mol. The zero-order valence-corrected chi connectivity index (χ0v) is 15.8. The number of nitrogens with one attached hydrogen (secondary N) is 1. The lowest BCUT2D eigenvalue weighted by atomic mass is 9.83. The zero-order chi connectivity index (χ0) is 17.8. The molecule has 1 N–H and O–H groups in total. The molecule has 1 heterocycles. The number of hydrogen-bond donors (Lipinski definition) is 1. The van der Waals surface area contributed by atoms with Gasteiger partial charge in [-0.05, 0) is 31.7 Å². The average Bonchev–Trinajstić information content (AvgIpc) is 2.79. The molecule has 1 aromatic carbocycles. The highest BCUT2D eigenvalue weighted by molar-refractivity contribution is 6.10. The third-order valence-corrected chi connectivity index (χ3v) is 6.28. The summed E-state index contributed by atoms with van der Waals surface area (Å²) in [4.78, 5) is 13.0. The van der Waals surface area contributed by atoms with E-state index in [-0.39, 0.29) is 12.1 Å². The third kappa shape index (κ3) is 3.79. The van der Waals surface area contributed by atoms with Crippen molar-refractivity contribution in [2.75, 3.05) is 5.32 Å². The minimum absolute atomic E-state index is 0.0474. The summed E-state index contributed by atoms with van der Waals surface area (Å²) in [6.45, 7) is 0. The van der Waals surface area contributed by atoms with Crippen LogP contribution in [-0.2, 0) is 0 Å². The van der Waals surface area contributed by atoms with Crippen LogP contribution in [-0.4, -0.2) is 22.8 Å². The van der Waals surface area contributed by atoms with Gasteiger partial charge in [-0.1, -0.05) is 69.6 Å². The molecule has 26 heavy (non-hydrogen) atoms. The molecular formula is C22H31N3O. The zero-order valence-electron chi connectivity index (χ0n) is 15.8. The van der Waals surface area contributed by atoms with Gasteiger partial charge in [0.15, 0.2) is 0 Å². The maximum absolute atomic E-state index is 13.0. The van der Waals surface area contributed by atoms with Gasteiger partial charge in [0.1, 0.15) is 0 Å². The number of rotatable bonds is 2. The van der Waals surface area contributed by atoms with Crippen LogP contribution in [0.25, 0.3) is 0 Å². The summed E-state index contributed by atoms with van der Waals surface area (Å²) in [5, 5.41) is 10.0. The highest BCUT2D eigenvalue weighted by Crippen LogP contribution is 2.33. The molecule has 4 rings (SSSR count). The number of hydrazone groups is 1. The maximum atomic E-state index is 13.0. The topological polar surface area (TPSA) is 44.7 Å². The second kappa shape index (κ2) is 8.24. The number of para-hydroxylation sites is 1. The van der Waals surface area contributed by atoms with Gasteiger partial charge in [-0.15, -0.1) is 0 Å². The second-order valence-corrected chi connectivity index (χ2v) is 8.14. The van der Waals surface area contributed by atoms with Gasteiger partial charge in [-0.3, -0.25) is 0 Å². The van der Waals surface area contributed by atoms with Gasteiger partial charge in [0.05, 0.1) is 17.4 Å². The van der Waals surface area contributed by atoms with Crippen LogP contribution < -0.4 is 5.32 Å². The van der Waals surface area contributed by atoms with Gasteiger partial charge in [0.2, 0.25) is 0 Å². The van der Waals surface area contributed by atoms with E-state index < -0.39 is 0 Å². The SMILES string of the molecule is O=C1Nc2ccccc2C(C2CCCCC2)=NN1C1CCCCCCC1. The molecule has 4 heteroatoms.